The topological polar surface area (TPSA) is 57.6 Å². The predicted octanol–water partition coefficient (Wildman–Crippen LogP) is 1.65. The Balaban J connectivity index is 2.20. The monoisotopic (exact) mass is 247 g/mol. The van der Waals surface area contributed by atoms with Gasteiger partial charge in [0.15, 0.2) is 0 Å². The van der Waals surface area contributed by atoms with E-state index in [0.29, 0.717) is 0 Å². The highest BCUT2D eigenvalue weighted by Crippen LogP contribution is 2.32. The Morgan fingerprint density at radius 3 is 2.83 bits per heavy atom. The summed E-state index contributed by atoms with van der Waals surface area (Å²) in [6.45, 7) is -0.239. The molecule has 0 aromatic heterocycles. The molecule has 1 aliphatic rings. The second kappa shape index (κ2) is 5.21. The number of carbonyl (C=O) groups is 2. The molecule has 0 saturated carbocycles. The number of carboxylic acid groups (broad SMARTS) is 1. The molecule has 1 aromatic rings. The van der Waals surface area contributed by atoms with Crippen molar-refractivity contribution in [3.8, 4) is 0 Å². The second-order valence-corrected chi connectivity index (χ2v) is 4.73. The fourth-order valence-electron chi connectivity index (χ4n) is 2.56. The van der Waals surface area contributed by atoms with E-state index in [0.717, 1.165) is 24.8 Å². The molecule has 0 radical (unpaired) electrons. The van der Waals surface area contributed by atoms with Crippen LogP contribution < -0.4 is 0 Å². The summed E-state index contributed by atoms with van der Waals surface area (Å²) in [5.74, 6) is -1.25. The van der Waals surface area contributed by atoms with E-state index in [9.17, 15) is 9.59 Å². The Hall–Kier alpha value is -1.84. The molecule has 0 saturated heterocycles. The number of aliphatic carboxylic acids is 1. The quantitative estimate of drug-likeness (QED) is 0.883. The lowest BCUT2D eigenvalue weighted by atomic mass is 9.82. The molecule has 0 heterocycles. The summed E-state index contributed by atoms with van der Waals surface area (Å²) in [5.41, 5.74) is 2.27. The molecule has 1 unspecified atom stereocenters. The first-order chi connectivity index (χ1) is 8.59. The number of amides is 1. The van der Waals surface area contributed by atoms with Gasteiger partial charge < -0.3 is 10.0 Å². The molecule has 4 nitrogen and oxygen atoms in total. The second-order valence-electron chi connectivity index (χ2n) is 4.73. The molecule has 1 amide bonds. The van der Waals surface area contributed by atoms with Gasteiger partial charge in [-0.15, -0.1) is 0 Å². The number of fused-ring (bicyclic) bond motifs is 1. The van der Waals surface area contributed by atoms with E-state index in [1.807, 2.05) is 24.3 Å². The summed E-state index contributed by atoms with van der Waals surface area (Å²) < 4.78 is 0. The Kier molecular flexibility index (Phi) is 3.65. The number of benzene rings is 1. The molecule has 1 N–H and O–H groups in total. The molecule has 0 spiro atoms. The van der Waals surface area contributed by atoms with Crippen LogP contribution >= 0.6 is 0 Å². The van der Waals surface area contributed by atoms with E-state index >= 15 is 0 Å². The molecule has 0 fully saturated rings. The van der Waals surface area contributed by atoms with Gasteiger partial charge in [0.2, 0.25) is 5.91 Å². The summed E-state index contributed by atoms with van der Waals surface area (Å²) in [4.78, 5) is 24.2. The van der Waals surface area contributed by atoms with Gasteiger partial charge in [0.1, 0.15) is 6.54 Å². The molecule has 4 heteroatoms. The van der Waals surface area contributed by atoms with Crippen molar-refractivity contribution in [1.82, 2.24) is 4.90 Å². The lowest BCUT2D eigenvalue weighted by Gasteiger charge is -2.27. The number of hydrogen-bond acceptors (Lipinski definition) is 2. The van der Waals surface area contributed by atoms with Gasteiger partial charge in [-0.05, 0) is 30.4 Å². The average Bonchev–Trinajstić information content (AvgIpc) is 2.36. The third kappa shape index (κ3) is 2.53. The van der Waals surface area contributed by atoms with Crippen LogP contribution in [0.5, 0.6) is 0 Å². The molecule has 18 heavy (non-hydrogen) atoms. The van der Waals surface area contributed by atoms with Crippen LogP contribution in [0.15, 0.2) is 24.3 Å². The highest BCUT2D eigenvalue weighted by molar-refractivity contribution is 5.87. The normalized spacial score (nSPS) is 17.9. The van der Waals surface area contributed by atoms with Crippen molar-refractivity contribution < 1.29 is 14.7 Å². The lowest BCUT2D eigenvalue weighted by Crippen LogP contribution is -2.36. The minimum absolute atomic E-state index is 0.0930. The summed E-state index contributed by atoms with van der Waals surface area (Å²) >= 11 is 0. The van der Waals surface area contributed by atoms with Crippen molar-refractivity contribution >= 4 is 11.9 Å². The van der Waals surface area contributed by atoms with Crippen LogP contribution in [0.2, 0.25) is 0 Å². The fourth-order valence-corrected chi connectivity index (χ4v) is 2.56. The van der Waals surface area contributed by atoms with Gasteiger partial charge in [-0.25, -0.2) is 0 Å². The maximum Gasteiger partial charge on any atom is 0.323 e. The van der Waals surface area contributed by atoms with Crippen LogP contribution in [-0.2, 0) is 16.0 Å². The van der Waals surface area contributed by atoms with Crippen molar-refractivity contribution in [2.75, 3.05) is 13.6 Å². The molecular weight excluding hydrogens is 230 g/mol. The van der Waals surface area contributed by atoms with E-state index in [1.54, 1.807) is 7.05 Å². The van der Waals surface area contributed by atoms with Crippen LogP contribution in [0.3, 0.4) is 0 Å². The van der Waals surface area contributed by atoms with Gasteiger partial charge in [-0.2, -0.15) is 0 Å². The van der Waals surface area contributed by atoms with Crippen molar-refractivity contribution in [3.63, 3.8) is 0 Å². The summed E-state index contributed by atoms with van der Waals surface area (Å²) in [5, 5.41) is 8.73. The molecule has 0 aliphatic heterocycles. The van der Waals surface area contributed by atoms with Crippen molar-refractivity contribution in [3.05, 3.63) is 35.4 Å². The Morgan fingerprint density at radius 2 is 2.11 bits per heavy atom. The summed E-state index contributed by atoms with van der Waals surface area (Å²) in [6, 6.07) is 7.94. The minimum atomic E-state index is -0.977. The third-order valence-corrected chi connectivity index (χ3v) is 3.42. The van der Waals surface area contributed by atoms with Gasteiger partial charge in [0.05, 0.1) is 5.92 Å². The largest absolute Gasteiger partial charge is 0.480 e. The predicted molar refractivity (Wildman–Crippen MR) is 67.4 cm³/mol. The molecule has 1 aliphatic carbocycles. The number of aryl methyl sites for hydroxylation is 1. The van der Waals surface area contributed by atoms with Crippen LogP contribution in [0, 0.1) is 0 Å². The molecule has 1 aromatic carbocycles. The van der Waals surface area contributed by atoms with Gasteiger partial charge in [0.25, 0.3) is 0 Å². The first kappa shape index (κ1) is 12.6. The van der Waals surface area contributed by atoms with Crippen molar-refractivity contribution in [2.24, 2.45) is 0 Å². The Bertz CT molecular complexity index is 470. The zero-order valence-electron chi connectivity index (χ0n) is 10.4. The zero-order valence-corrected chi connectivity index (χ0v) is 10.4. The summed E-state index contributed by atoms with van der Waals surface area (Å²) in [6.07, 6.45) is 2.79. The molecule has 1 atom stereocenters. The van der Waals surface area contributed by atoms with Crippen LogP contribution in [0.25, 0.3) is 0 Å². The van der Waals surface area contributed by atoms with Crippen LogP contribution in [0.1, 0.15) is 29.9 Å². The number of rotatable bonds is 3. The maximum absolute atomic E-state index is 12.3. The highest BCUT2D eigenvalue weighted by atomic mass is 16.4. The first-order valence-electron chi connectivity index (χ1n) is 6.14. The van der Waals surface area contributed by atoms with Gasteiger partial charge in [-0.1, -0.05) is 24.3 Å². The fraction of sp³-hybridized carbons (Fsp3) is 0.429. The highest BCUT2D eigenvalue weighted by Gasteiger charge is 2.28. The van der Waals surface area contributed by atoms with Crippen LogP contribution in [0.4, 0.5) is 0 Å². The van der Waals surface area contributed by atoms with E-state index in [2.05, 4.69) is 0 Å². The average molecular weight is 247 g/mol. The Morgan fingerprint density at radius 1 is 1.39 bits per heavy atom. The van der Waals surface area contributed by atoms with Gasteiger partial charge in [-0.3, -0.25) is 9.59 Å². The minimum Gasteiger partial charge on any atom is -0.480 e. The van der Waals surface area contributed by atoms with E-state index in [4.69, 9.17) is 5.11 Å². The van der Waals surface area contributed by atoms with E-state index < -0.39 is 5.97 Å². The maximum atomic E-state index is 12.3. The Labute approximate surface area is 106 Å². The number of nitrogens with zero attached hydrogens (tertiary/aromatic N) is 1. The number of carboxylic acids is 1. The summed E-state index contributed by atoms with van der Waals surface area (Å²) in [7, 11) is 1.55. The number of likely N-dealkylation sites (N-methyl/N-ethyl adjacent to an activating group) is 1. The lowest BCUT2D eigenvalue weighted by molar-refractivity contribution is -0.144. The standard InChI is InChI=1S/C14H17NO3/c1-15(9-13(16)17)14(18)12-8-4-6-10-5-2-3-7-11(10)12/h2-3,5,7,12H,4,6,8-9H2,1H3,(H,16,17). The van der Waals surface area contributed by atoms with Crippen molar-refractivity contribution in [1.29, 1.82) is 0 Å². The number of hydrogen-bond donors (Lipinski definition) is 1. The van der Waals surface area contributed by atoms with Gasteiger partial charge >= 0.3 is 5.97 Å². The smallest absolute Gasteiger partial charge is 0.323 e. The van der Waals surface area contributed by atoms with E-state index in [-0.39, 0.29) is 18.4 Å². The zero-order chi connectivity index (χ0) is 13.1. The number of carbonyl (C=O) groups excluding carboxylic acids is 1. The molecule has 2 rings (SSSR count). The first-order valence-corrected chi connectivity index (χ1v) is 6.14. The SMILES string of the molecule is CN(CC(=O)O)C(=O)C1CCCc2ccccc21. The molecular formula is C14H17NO3. The van der Waals surface area contributed by atoms with Gasteiger partial charge in [0, 0.05) is 7.05 Å². The molecule has 0 bridgehead atoms. The van der Waals surface area contributed by atoms with Crippen LogP contribution in [-0.4, -0.2) is 35.5 Å². The third-order valence-electron chi connectivity index (χ3n) is 3.42. The molecule has 96 valence electrons. The van der Waals surface area contributed by atoms with E-state index in [1.165, 1.54) is 10.5 Å². The van der Waals surface area contributed by atoms with Crippen molar-refractivity contribution in [2.45, 2.75) is 25.2 Å².